The monoisotopic (exact) mass is 434 g/mol. The number of rotatable bonds is 6. The van der Waals surface area contributed by atoms with Crippen LogP contribution < -0.4 is 20.3 Å². The van der Waals surface area contributed by atoms with Crippen LogP contribution in [0.4, 0.5) is 23.3 Å². The van der Waals surface area contributed by atoms with Gasteiger partial charge < -0.3 is 25.4 Å². The smallest absolute Gasteiger partial charge is 0.322 e. The van der Waals surface area contributed by atoms with Gasteiger partial charge in [-0.2, -0.15) is 15.0 Å². The number of amides is 1. The maximum absolute atomic E-state index is 12.4. The van der Waals surface area contributed by atoms with Crippen molar-refractivity contribution in [2.45, 2.75) is 26.2 Å². The topological polar surface area (TPSA) is 112 Å². The molecule has 0 aliphatic carbocycles. The predicted octanol–water partition coefficient (Wildman–Crippen LogP) is 3.88. The molecule has 0 bridgehead atoms. The zero-order valence-electron chi connectivity index (χ0n) is 18.1. The third kappa shape index (κ3) is 5.05. The largest absolute Gasteiger partial charge is 0.506 e. The van der Waals surface area contributed by atoms with Gasteiger partial charge in [-0.25, -0.2) is 0 Å². The molecule has 1 aromatic heterocycles. The Morgan fingerprint density at radius 3 is 2.47 bits per heavy atom. The highest BCUT2D eigenvalue weighted by Gasteiger charge is 2.17. The minimum absolute atomic E-state index is 0.0762. The summed E-state index contributed by atoms with van der Waals surface area (Å²) in [6.07, 6.45) is 3.40. The number of aryl methyl sites for hydroxylation is 1. The number of nitrogens with one attached hydrogen (secondary N) is 2. The van der Waals surface area contributed by atoms with E-state index in [4.69, 9.17) is 4.74 Å². The third-order valence-corrected chi connectivity index (χ3v) is 5.24. The van der Waals surface area contributed by atoms with Gasteiger partial charge in [0, 0.05) is 30.4 Å². The molecule has 4 rings (SSSR count). The molecule has 9 heteroatoms. The highest BCUT2D eigenvalue weighted by molar-refractivity contribution is 6.05. The molecule has 166 valence electrons. The molecular weight excluding hydrogens is 408 g/mol. The number of anilines is 4. The number of aromatic nitrogens is 3. The average Bonchev–Trinajstić information content (AvgIpc) is 2.81. The number of nitrogens with zero attached hydrogens (tertiary/aromatic N) is 4. The molecule has 1 aliphatic rings. The lowest BCUT2D eigenvalue weighted by molar-refractivity contribution is 0.102. The first-order valence-corrected chi connectivity index (χ1v) is 10.5. The second kappa shape index (κ2) is 9.51. The minimum Gasteiger partial charge on any atom is -0.506 e. The van der Waals surface area contributed by atoms with Crippen molar-refractivity contribution >= 4 is 29.2 Å². The van der Waals surface area contributed by atoms with E-state index in [0.717, 1.165) is 31.5 Å². The van der Waals surface area contributed by atoms with Crippen molar-refractivity contribution in [3.8, 4) is 11.8 Å². The number of benzene rings is 2. The predicted molar refractivity (Wildman–Crippen MR) is 123 cm³/mol. The number of aromatic hydroxyl groups is 1. The van der Waals surface area contributed by atoms with Gasteiger partial charge in [0.1, 0.15) is 5.75 Å². The molecule has 9 nitrogen and oxygen atoms in total. The van der Waals surface area contributed by atoms with E-state index in [9.17, 15) is 9.90 Å². The Hall–Kier alpha value is -3.88. The number of phenolic OH excluding ortho intramolecular Hbond substituents is 1. The van der Waals surface area contributed by atoms with E-state index in [1.807, 2.05) is 19.1 Å². The Morgan fingerprint density at radius 1 is 1.03 bits per heavy atom. The van der Waals surface area contributed by atoms with Gasteiger partial charge in [0.15, 0.2) is 0 Å². The zero-order valence-corrected chi connectivity index (χ0v) is 18.1. The molecular formula is C23H26N6O3. The van der Waals surface area contributed by atoms with Crippen molar-refractivity contribution < 1.29 is 14.6 Å². The Kier molecular flexibility index (Phi) is 6.34. The first-order chi connectivity index (χ1) is 15.5. The number of carbonyl (C=O) groups excluding carboxylic acids is 1. The zero-order chi connectivity index (χ0) is 22.5. The number of ether oxygens (including phenoxy) is 1. The van der Waals surface area contributed by atoms with Crippen LogP contribution in [0.1, 0.15) is 35.2 Å². The standard InChI is InChI=1S/C23H26N6O3/c1-15-6-8-16(9-7-15)20(31)25-18-11-10-17(14-19(18)30)24-21-26-22(28-23(27-21)32-2)29-12-4-3-5-13-29/h6-11,14,30H,3-5,12-13H2,1-2H3,(H,25,31)(H,24,26,27,28). The normalized spacial score (nSPS) is 13.5. The number of methoxy groups -OCH3 is 1. The molecule has 0 radical (unpaired) electrons. The number of hydrogen-bond acceptors (Lipinski definition) is 8. The second-order valence-corrected chi connectivity index (χ2v) is 7.67. The third-order valence-electron chi connectivity index (χ3n) is 5.24. The van der Waals surface area contributed by atoms with E-state index in [0.29, 0.717) is 28.8 Å². The van der Waals surface area contributed by atoms with E-state index in [2.05, 4.69) is 30.5 Å². The summed E-state index contributed by atoms with van der Waals surface area (Å²) < 4.78 is 5.23. The quantitative estimate of drug-likeness (QED) is 0.501. The van der Waals surface area contributed by atoms with E-state index in [1.54, 1.807) is 24.3 Å². The minimum atomic E-state index is -0.297. The maximum atomic E-state index is 12.4. The lowest BCUT2D eigenvalue weighted by Crippen LogP contribution is -2.31. The van der Waals surface area contributed by atoms with Gasteiger partial charge in [-0.15, -0.1) is 0 Å². The molecule has 1 aliphatic heterocycles. The van der Waals surface area contributed by atoms with Crippen LogP contribution >= 0.6 is 0 Å². The van der Waals surface area contributed by atoms with Gasteiger partial charge in [-0.3, -0.25) is 4.79 Å². The lowest BCUT2D eigenvalue weighted by Gasteiger charge is -2.26. The fourth-order valence-electron chi connectivity index (χ4n) is 3.47. The number of carbonyl (C=O) groups is 1. The highest BCUT2D eigenvalue weighted by Crippen LogP contribution is 2.29. The Morgan fingerprint density at radius 2 is 1.78 bits per heavy atom. The summed E-state index contributed by atoms with van der Waals surface area (Å²) in [6.45, 7) is 3.74. The molecule has 0 atom stereocenters. The average molecular weight is 435 g/mol. The summed E-state index contributed by atoms with van der Waals surface area (Å²) in [6, 6.07) is 12.3. The van der Waals surface area contributed by atoms with E-state index in [1.165, 1.54) is 19.6 Å². The van der Waals surface area contributed by atoms with Crippen LogP contribution in [0.2, 0.25) is 0 Å². The summed E-state index contributed by atoms with van der Waals surface area (Å²) in [4.78, 5) is 27.7. The molecule has 0 spiro atoms. The van der Waals surface area contributed by atoms with E-state index < -0.39 is 0 Å². The Balaban J connectivity index is 1.49. The molecule has 0 unspecified atom stereocenters. The Bertz CT molecular complexity index is 1100. The molecule has 1 amide bonds. The number of piperidine rings is 1. The van der Waals surface area contributed by atoms with Crippen LogP contribution in [0.5, 0.6) is 11.8 Å². The van der Waals surface area contributed by atoms with Crippen LogP contribution in [-0.2, 0) is 0 Å². The molecule has 2 aromatic carbocycles. The van der Waals surface area contributed by atoms with Crippen molar-refractivity contribution in [2.24, 2.45) is 0 Å². The second-order valence-electron chi connectivity index (χ2n) is 7.67. The first kappa shape index (κ1) is 21.4. The maximum Gasteiger partial charge on any atom is 0.322 e. The SMILES string of the molecule is COc1nc(Nc2ccc(NC(=O)c3ccc(C)cc3)c(O)c2)nc(N2CCCCC2)n1. The van der Waals surface area contributed by atoms with Gasteiger partial charge in [-0.1, -0.05) is 17.7 Å². The number of hydrogen-bond donors (Lipinski definition) is 3. The van der Waals surface area contributed by atoms with Crippen molar-refractivity contribution in [3.63, 3.8) is 0 Å². The summed E-state index contributed by atoms with van der Waals surface area (Å²) in [5, 5.41) is 16.2. The summed E-state index contributed by atoms with van der Waals surface area (Å²) in [7, 11) is 1.51. The summed E-state index contributed by atoms with van der Waals surface area (Å²) >= 11 is 0. The fourth-order valence-corrected chi connectivity index (χ4v) is 3.47. The lowest BCUT2D eigenvalue weighted by atomic mass is 10.1. The molecule has 1 saturated heterocycles. The summed E-state index contributed by atoms with van der Waals surface area (Å²) in [5.74, 6) is 0.501. The molecule has 3 aromatic rings. The number of phenols is 1. The van der Waals surface area contributed by atoms with Crippen LogP contribution in [0.3, 0.4) is 0 Å². The molecule has 0 saturated carbocycles. The van der Waals surface area contributed by atoms with Gasteiger partial charge in [0.05, 0.1) is 12.8 Å². The van der Waals surface area contributed by atoms with Crippen LogP contribution in [0.25, 0.3) is 0 Å². The van der Waals surface area contributed by atoms with E-state index >= 15 is 0 Å². The van der Waals surface area contributed by atoms with Crippen molar-refractivity contribution in [1.82, 2.24) is 15.0 Å². The summed E-state index contributed by atoms with van der Waals surface area (Å²) in [5.41, 5.74) is 2.45. The van der Waals surface area contributed by atoms with Crippen molar-refractivity contribution in [3.05, 3.63) is 53.6 Å². The van der Waals surface area contributed by atoms with Gasteiger partial charge in [-0.05, 0) is 50.5 Å². The molecule has 2 heterocycles. The molecule has 3 N–H and O–H groups in total. The van der Waals surface area contributed by atoms with Gasteiger partial charge in [0.25, 0.3) is 5.91 Å². The molecule has 1 fully saturated rings. The Labute approximate surface area is 186 Å². The molecule has 32 heavy (non-hydrogen) atoms. The van der Waals surface area contributed by atoms with Gasteiger partial charge >= 0.3 is 6.01 Å². The van der Waals surface area contributed by atoms with Crippen LogP contribution in [0, 0.1) is 6.92 Å². The highest BCUT2D eigenvalue weighted by atomic mass is 16.5. The van der Waals surface area contributed by atoms with Crippen molar-refractivity contribution in [1.29, 1.82) is 0 Å². The first-order valence-electron chi connectivity index (χ1n) is 10.5. The van der Waals surface area contributed by atoms with Crippen molar-refractivity contribution in [2.75, 3.05) is 35.7 Å². The van der Waals surface area contributed by atoms with Gasteiger partial charge in [0.2, 0.25) is 11.9 Å². The van der Waals surface area contributed by atoms with Crippen LogP contribution in [-0.4, -0.2) is 46.2 Å². The van der Waals surface area contributed by atoms with Crippen LogP contribution in [0.15, 0.2) is 42.5 Å². The van der Waals surface area contributed by atoms with E-state index in [-0.39, 0.29) is 17.7 Å². The fraction of sp³-hybridized carbons (Fsp3) is 0.304.